The number of hydrogen-bond donors (Lipinski definition) is 2. The summed E-state index contributed by atoms with van der Waals surface area (Å²) in [6.07, 6.45) is 4.88. The topological polar surface area (TPSA) is 105 Å². The van der Waals surface area contributed by atoms with Gasteiger partial charge in [0.05, 0.1) is 30.8 Å². The first-order chi connectivity index (χ1) is 18.7. The molecule has 0 saturated heterocycles. The maximum atomic E-state index is 13.0. The van der Waals surface area contributed by atoms with Crippen LogP contribution in [0.1, 0.15) is 53.6 Å². The van der Waals surface area contributed by atoms with Crippen molar-refractivity contribution < 1.29 is 27.8 Å². The maximum absolute atomic E-state index is 13.0. The van der Waals surface area contributed by atoms with Crippen LogP contribution in [0, 0.1) is 11.8 Å². The number of halogens is 1. The van der Waals surface area contributed by atoms with Gasteiger partial charge < -0.3 is 19.5 Å². The third kappa shape index (κ3) is 5.38. The summed E-state index contributed by atoms with van der Waals surface area (Å²) in [5, 5.41) is 11.7. The van der Waals surface area contributed by atoms with E-state index >= 15 is 0 Å². The summed E-state index contributed by atoms with van der Waals surface area (Å²) in [6.45, 7) is 2.15. The van der Waals surface area contributed by atoms with Gasteiger partial charge in [-0.05, 0) is 91.8 Å². The van der Waals surface area contributed by atoms with Crippen molar-refractivity contribution in [3.05, 3.63) is 58.1 Å². The van der Waals surface area contributed by atoms with Gasteiger partial charge in [-0.1, -0.05) is 17.7 Å². The number of ether oxygens (including phenoxy) is 2. The highest BCUT2D eigenvalue weighted by Crippen LogP contribution is 2.46. The van der Waals surface area contributed by atoms with Crippen molar-refractivity contribution in [1.29, 1.82) is 0 Å². The average molecular weight is 575 g/mol. The van der Waals surface area contributed by atoms with Crippen LogP contribution in [0.2, 0.25) is 5.02 Å². The lowest BCUT2D eigenvalue weighted by atomic mass is 9.68. The van der Waals surface area contributed by atoms with Crippen molar-refractivity contribution in [1.82, 2.24) is 4.72 Å². The second kappa shape index (κ2) is 10.6. The lowest BCUT2D eigenvalue weighted by Gasteiger charge is -2.45. The molecule has 2 aromatic carbocycles. The van der Waals surface area contributed by atoms with Crippen LogP contribution in [-0.2, 0) is 26.6 Å². The molecule has 39 heavy (non-hydrogen) atoms. The summed E-state index contributed by atoms with van der Waals surface area (Å²) in [6, 6.07) is 11.3. The van der Waals surface area contributed by atoms with Gasteiger partial charge in [0, 0.05) is 35.7 Å². The molecule has 2 aromatic rings. The third-order valence-corrected chi connectivity index (χ3v) is 10.5. The van der Waals surface area contributed by atoms with E-state index in [2.05, 4.69) is 21.8 Å². The second-order valence-corrected chi connectivity index (χ2v) is 13.8. The van der Waals surface area contributed by atoms with Gasteiger partial charge in [0.2, 0.25) is 10.0 Å². The number of hydrogen-bond acceptors (Lipinski definition) is 7. The molecule has 2 aliphatic carbocycles. The molecule has 2 N–H and O–H groups in total. The zero-order chi connectivity index (χ0) is 27.2. The van der Waals surface area contributed by atoms with Crippen molar-refractivity contribution in [2.45, 2.75) is 50.0 Å². The highest BCUT2D eigenvalue weighted by atomic mass is 35.5. The van der Waals surface area contributed by atoms with Gasteiger partial charge in [-0.15, -0.1) is 0 Å². The summed E-state index contributed by atoms with van der Waals surface area (Å²) >= 11 is 6.36. The van der Waals surface area contributed by atoms with Gasteiger partial charge in [0.15, 0.2) is 0 Å². The molecule has 4 atom stereocenters. The molecule has 8 nitrogen and oxygen atoms in total. The van der Waals surface area contributed by atoms with Crippen LogP contribution in [-0.4, -0.2) is 64.2 Å². The molecule has 2 unspecified atom stereocenters. The first-order valence-corrected chi connectivity index (χ1v) is 15.9. The maximum Gasteiger partial charge on any atom is 0.264 e. The third-order valence-electron chi connectivity index (χ3n) is 9.03. The van der Waals surface area contributed by atoms with Crippen LogP contribution in [0.25, 0.3) is 0 Å². The minimum absolute atomic E-state index is 0.0377. The molecule has 10 heteroatoms. The van der Waals surface area contributed by atoms with Crippen LogP contribution in [0.3, 0.4) is 0 Å². The van der Waals surface area contributed by atoms with Crippen molar-refractivity contribution >= 4 is 33.2 Å². The Balaban J connectivity index is 1.40. The molecule has 1 saturated carbocycles. The number of amides is 1. The molecular formula is C29H35ClN2O6S. The highest BCUT2D eigenvalue weighted by molar-refractivity contribution is 7.90. The zero-order valence-electron chi connectivity index (χ0n) is 21.9. The van der Waals surface area contributed by atoms with Gasteiger partial charge in [0.1, 0.15) is 5.75 Å². The molecule has 2 bridgehead atoms. The van der Waals surface area contributed by atoms with E-state index in [-0.39, 0.29) is 35.9 Å². The Kier molecular flexibility index (Phi) is 7.29. The quantitative estimate of drug-likeness (QED) is 0.494. The number of nitrogens with one attached hydrogen (secondary N) is 1. The number of anilines is 1. The number of fused-ring (bicyclic) bond motifs is 4. The molecule has 0 radical (unpaired) electrons. The summed E-state index contributed by atoms with van der Waals surface area (Å²) < 4.78 is 39.2. The fraction of sp³-hybridized carbons (Fsp3) is 0.552. The Hall–Kier alpha value is -2.33. The van der Waals surface area contributed by atoms with Gasteiger partial charge in [-0.3, -0.25) is 4.79 Å². The number of benzene rings is 2. The van der Waals surface area contributed by atoms with E-state index < -0.39 is 22.0 Å². The van der Waals surface area contributed by atoms with E-state index in [0.29, 0.717) is 37.8 Å². The van der Waals surface area contributed by atoms with Crippen LogP contribution in [0.15, 0.2) is 36.4 Å². The Labute approximate surface area is 234 Å². The summed E-state index contributed by atoms with van der Waals surface area (Å²) in [5.41, 5.74) is 3.30. The van der Waals surface area contributed by atoms with Gasteiger partial charge in [-0.25, -0.2) is 13.1 Å². The van der Waals surface area contributed by atoms with Crippen LogP contribution < -0.4 is 14.4 Å². The molecule has 6 rings (SSSR count). The van der Waals surface area contributed by atoms with Crippen molar-refractivity contribution in [3.8, 4) is 5.75 Å². The number of aryl methyl sites for hydroxylation is 1. The summed E-state index contributed by atoms with van der Waals surface area (Å²) in [4.78, 5) is 15.3. The molecule has 1 spiro atoms. The van der Waals surface area contributed by atoms with E-state index in [4.69, 9.17) is 21.1 Å². The number of aliphatic hydroxyl groups excluding tert-OH is 1. The Morgan fingerprint density at radius 2 is 1.97 bits per heavy atom. The van der Waals surface area contributed by atoms with Crippen LogP contribution in [0.4, 0.5) is 5.69 Å². The fourth-order valence-corrected chi connectivity index (χ4v) is 7.84. The summed E-state index contributed by atoms with van der Waals surface area (Å²) in [7, 11) is -3.87. The Morgan fingerprint density at radius 1 is 1.10 bits per heavy atom. The lowest BCUT2D eigenvalue weighted by molar-refractivity contribution is -0.00696. The molecule has 2 aliphatic heterocycles. The van der Waals surface area contributed by atoms with E-state index in [0.717, 1.165) is 42.8 Å². The Bertz CT molecular complexity index is 1370. The van der Waals surface area contributed by atoms with Gasteiger partial charge >= 0.3 is 0 Å². The molecule has 2 heterocycles. The minimum atomic E-state index is -3.87. The van der Waals surface area contributed by atoms with E-state index in [9.17, 15) is 18.3 Å². The molecule has 4 aliphatic rings. The molecule has 0 aromatic heterocycles. The number of sulfonamides is 1. The van der Waals surface area contributed by atoms with Gasteiger partial charge in [0.25, 0.3) is 5.91 Å². The Morgan fingerprint density at radius 3 is 2.79 bits per heavy atom. The zero-order valence-corrected chi connectivity index (χ0v) is 23.5. The van der Waals surface area contributed by atoms with E-state index in [1.807, 2.05) is 6.07 Å². The fourth-order valence-electron chi connectivity index (χ4n) is 6.81. The monoisotopic (exact) mass is 574 g/mol. The number of nitrogens with zero attached hydrogens (tertiary/aromatic N) is 1. The average Bonchev–Trinajstić information content (AvgIpc) is 3.02. The van der Waals surface area contributed by atoms with E-state index in [1.54, 1.807) is 18.2 Å². The van der Waals surface area contributed by atoms with Crippen LogP contribution >= 0.6 is 11.6 Å². The standard InChI is InChI=1S/C29H35ClN2O6S/c30-22-5-7-24-19(14-22)2-1-10-29(24)17-32-16-21-3-6-23(21)26(33)9-11-37-12-13-39(35,36)31-28(34)20-4-8-27(38-18-29)25(32)15-20/h4-5,7-8,14-15,21,23,26,33H,1-3,6,9-13,16-18H2,(H,31,34)/t21?,23?,26-,29+/m1/s1. The van der Waals surface area contributed by atoms with E-state index in [1.165, 1.54) is 11.1 Å². The predicted molar refractivity (Wildman–Crippen MR) is 149 cm³/mol. The van der Waals surface area contributed by atoms with Crippen molar-refractivity contribution in [3.63, 3.8) is 0 Å². The predicted octanol–water partition coefficient (Wildman–Crippen LogP) is 3.68. The molecule has 210 valence electrons. The molecule has 1 fully saturated rings. The summed E-state index contributed by atoms with van der Waals surface area (Å²) in [5.74, 6) is 0.129. The molecular weight excluding hydrogens is 540 g/mol. The smallest absolute Gasteiger partial charge is 0.264 e. The largest absolute Gasteiger partial charge is 0.490 e. The number of aliphatic hydroxyl groups is 1. The number of rotatable bonds is 0. The minimum Gasteiger partial charge on any atom is -0.490 e. The van der Waals surface area contributed by atoms with Crippen molar-refractivity contribution in [2.75, 3.05) is 43.6 Å². The number of carbonyl (C=O) groups is 1. The van der Waals surface area contributed by atoms with Crippen LogP contribution in [0.5, 0.6) is 5.75 Å². The first-order valence-electron chi connectivity index (χ1n) is 13.8. The normalized spacial score (nSPS) is 30.7. The van der Waals surface area contributed by atoms with Gasteiger partial charge in [-0.2, -0.15) is 0 Å². The lowest BCUT2D eigenvalue weighted by Crippen LogP contribution is -2.49. The number of carbonyl (C=O) groups excluding carboxylic acids is 1. The second-order valence-electron chi connectivity index (χ2n) is 11.5. The first kappa shape index (κ1) is 26.9. The highest BCUT2D eigenvalue weighted by Gasteiger charge is 2.44. The molecule has 1 amide bonds. The van der Waals surface area contributed by atoms with Crippen molar-refractivity contribution in [2.24, 2.45) is 11.8 Å². The SMILES string of the molecule is O=C1NS(=O)(=O)CCOCC[C@@H](O)C2CCC2CN2C[C@@]3(CCCc4cc(Cl)ccc43)COc3ccc1cc32.